The average molecular weight is 409 g/mol. The molecule has 0 fully saturated rings. The molecule has 0 saturated carbocycles. The van der Waals surface area contributed by atoms with Crippen LogP contribution in [0.4, 0.5) is 11.4 Å². The van der Waals surface area contributed by atoms with Gasteiger partial charge in [0.1, 0.15) is 0 Å². The van der Waals surface area contributed by atoms with Crippen LogP contribution in [0.5, 0.6) is 0 Å². The quantitative estimate of drug-likeness (QED) is 0.666. The van der Waals surface area contributed by atoms with Gasteiger partial charge in [-0.2, -0.15) is 0 Å². The summed E-state index contributed by atoms with van der Waals surface area (Å²) in [5.74, 6) is -0.349. The Bertz CT molecular complexity index is 1150. The molecule has 150 valence electrons. The Morgan fingerprint density at radius 2 is 1.48 bits per heavy atom. The number of rotatable bonds is 5. The van der Waals surface area contributed by atoms with Gasteiger partial charge in [0, 0.05) is 18.3 Å². The standard InChI is InChI=1S/C23H24N2O3S/c1-16-8-5-12-20(14-16)25(4)29(27,28)21-13-7-11-19(15-21)23(26)24-22-17(2)9-6-10-18(22)3/h5-15H,1-4H3,(H,24,26). The number of amides is 1. The molecule has 6 heteroatoms. The van der Waals surface area contributed by atoms with E-state index in [0.29, 0.717) is 5.69 Å². The summed E-state index contributed by atoms with van der Waals surface area (Å²) in [6.45, 7) is 5.74. The zero-order valence-electron chi connectivity index (χ0n) is 16.9. The fourth-order valence-corrected chi connectivity index (χ4v) is 4.35. The first-order chi connectivity index (χ1) is 13.7. The summed E-state index contributed by atoms with van der Waals surface area (Å²) in [6, 6.07) is 19.1. The minimum Gasteiger partial charge on any atom is -0.322 e. The van der Waals surface area contributed by atoms with Crippen LogP contribution in [0.25, 0.3) is 0 Å². The average Bonchev–Trinajstić information content (AvgIpc) is 2.70. The summed E-state index contributed by atoms with van der Waals surface area (Å²) in [7, 11) is -2.29. The van der Waals surface area contributed by atoms with Gasteiger partial charge >= 0.3 is 0 Å². The molecular weight excluding hydrogens is 384 g/mol. The summed E-state index contributed by atoms with van der Waals surface area (Å²) in [5, 5.41) is 2.89. The van der Waals surface area contributed by atoms with Crippen LogP contribution in [0.15, 0.2) is 71.6 Å². The van der Waals surface area contributed by atoms with E-state index in [0.717, 1.165) is 22.4 Å². The van der Waals surface area contributed by atoms with Crippen LogP contribution in [0.2, 0.25) is 0 Å². The second kappa shape index (κ2) is 8.09. The fourth-order valence-electron chi connectivity index (χ4n) is 3.12. The lowest BCUT2D eigenvalue weighted by Crippen LogP contribution is -2.27. The molecule has 0 saturated heterocycles. The first kappa shape index (κ1) is 20.6. The van der Waals surface area contributed by atoms with Gasteiger partial charge in [-0.1, -0.05) is 36.4 Å². The number of carbonyl (C=O) groups excluding carboxylic acids is 1. The van der Waals surface area contributed by atoms with Crippen molar-refractivity contribution < 1.29 is 13.2 Å². The second-order valence-electron chi connectivity index (χ2n) is 7.06. The van der Waals surface area contributed by atoms with Crippen molar-refractivity contribution in [3.63, 3.8) is 0 Å². The van der Waals surface area contributed by atoms with Crippen LogP contribution in [-0.4, -0.2) is 21.4 Å². The number of nitrogens with one attached hydrogen (secondary N) is 1. The molecule has 5 nitrogen and oxygen atoms in total. The normalized spacial score (nSPS) is 11.2. The van der Waals surface area contributed by atoms with Gasteiger partial charge < -0.3 is 5.32 Å². The van der Waals surface area contributed by atoms with Crippen molar-refractivity contribution in [1.29, 1.82) is 0 Å². The summed E-state index contributed by atoms with van der Waals surface area (Å²) in [6.07, 6.45) is 0. The second-order valence-corrected chi connectivity index (χ2v) is 9.03. The Kier molecular flexibility index (Phi) is 5.75. The van der Waals surface area contributed by atoms with Crippen LogP contribution in [-0.2, 0) is 10.0 Å². The van der Waals surface area contributed by atoms with E-state index in [2.05, 4.69) is 5.32 Å². The third kappa shape index (κ3) is 4.32. The van der Waals surface area contributed by atoms with Crippen LogP contribution >= 0.6 is 0 Å². The van der Waals surface area contributed by atoms with Gasteiger partial charge in [0.25, 0.3) is 15.9 Å². The number of nitrogens with zero attached hydrogens (tertiary/aromatic N) is 1. The third-order valence-corrected chi connectivity index (χ3v) is 6.62. The van der Waals surface area contributed by atoms with E-state index >= 15 is 0 Å². The van der Waals surface area contributed by atoms with E-state index < -0.39 is 10.0 Å². The molecule has 0 aliphatic rings. The first-order valence-electron chi connectivity index (χ1n) is 9.23. The maximum Gasteiger partial charge on any atom is 0.264 e. The van der Waals surface area contributed by atoms with Crippen molar-refractivity contribution in [3.8, 4) is 0 Å². The summed E-state index contributed by atoms with van der Waals surface area (Å²) < 4.78 is 27.4. The molecule has 0 bridgehead atoms. The molecule has 0 heterocycles. The number of aryl methyl sites for hydroxylation is 3. The van der Waals surface area contributed by atoms with Crippen molar-refractivity contribution in [3.05, 3.63) is 89.0 Å². The van der Waals surface area contributed by atoms with Gasteiger partial charge in [-0.25, -0.2) is 8.42 Å². The Balaban J connectivity index is 1.91. The highest BCUT2D eigenvalue weighted by molar-refractivity contribution is 7.92. The van der Waals surface area contributed by atoms with Gasteiger partial charge in [-0.05, 0) is 67.8 Å². The lowest BCUT2D eigenvalue weighted by atomic mass is 10.1. The molecule has 29 heavy (non-hydrogen) atoms. The molecule has 0 aliphatic carbocycles. The predicted octanol–water partition coefficient (Wildman–Crippen LogP) is 4.69. The topological polar surface area (TPSA) is 66.5 Å². The molecule has 0 unspecified atom stereocenters. The minimum absolute atomic E-state index is 0.0654. The van der Waals surface area contributed by atoms with E-state index in [1.54, 1.807) is 24.3 Å². The molecule has 0 aromatic heterocycles. The zero-order valence-corrected chi connectivity index (χ0v) is 17.7. The number of carbonyl (C=O) groups is 1. The lowest BCUT2D eigenvalue weighted by Gasteiger charge is -2.20. The van der Waals surface area contributed by atoms with E-state index in [9.17, 15) is 13.2 Å². The van der Waals surface area contributed by atoms with E-state index in [1.165, 1.54) is 23.5 Å². The van der Waals surface area contributed by atoms with Gasteiger partial charge in [-0.3, -0.25) is 9.10 Å². The van der Waals surface area contributed by atoms with Crippen LogP contribution in [0, 0.1) is 20.8 Å². The fraction of sp³-hybridized carbons (Fsp3) is 0.174. The highest BCUT2D eigenvalue weighted by Crippen LogP contribution is 2.24. The van der Waals surface area contributed by atoms with Crippen molar-refractivity contribution in [2.45, 2.75) is 25.7 Å². The number of benzene rings is 3. The molecule has 0 spiro atoms. The van der Waals surface area contributed by atoms with Crippen molar-refractivity contribution >= 4 is 27.3 Å². The van der Waals surface area contributed by atoms with Gasteiger partial charge in [-0.15, -0.1) is 0 Å². The summed E-state index contributed by atoms with van der Waals surface area (Å²) in [5.41, 5.74) is 4.44. The maximum absolute atomic E-state index is 13.1. The highest BCUT2D eigenvalue weighted by Gasteiger charge is 2.22. The van der Waals surface area contributed by atoms with Crippen LogP contribution in [0.1, 0.15) is 27.0 Å². The Hall–Kier alpha value is -3.12. The number of hydrogen-bond donors (Lipinski definition) is 1. The molecule has 3 aromatic rings. The Morgan fingerprint density at radius 3 is 2.14 bits per heavy atom. The van der Waals surface area contributed by atoms with Crippen LogP contribution in [0.3, 0.4) is 0 Å². The zero-order chi connectivity index (χ0) is 21.2. The van der Waals surface area contributed by atoms with Gasteiger partial charge in [0.05, 0.1) is 10.6 Å². The molecule has 3 aromatic carbocycles. The van der Waals surface area contributed by atoms with E-state index in [-0.39, 0.29) is 16.4 Å². The number of hydrogen-bond acceptors (Lipinski definition) is 3. The summed E-state index contributed by atoms with van der Waals surface area (Å²) in [4.78, 5) is 12.8. The van der Waals surface area contributed by atoms with Gasteiger partial charge in [0.2, 0.25) is 0 Å². The molecular formula is C23H24N2O3S. The highest BCUT2D eigenvalue weighted by atomic mass is 32.2. The SMILES string of the molecule is Cc1cccc(N(C)S(=O)(=O)c2cccc(C(=O)Nc3c(C)cccc3C)c2)c1. The smallest absolute Gasteiger partial charge is 0.264 e. The first-order valence-corrected chi connectivity index (χ1v) is 10.7. The monoisotopic (exact) mass is 408 g/mol. The molecule has 1 N–H and O–H groups in total. The van der Waals surface area contributed by atoms with Crippen molar-refractivity contribution in [2.24, 2.45) is 0 Å². The predicted molar refractivity (Wildman–Crippen MR) is 117 cm³/mol. The summed E-state index contributed by atoms with van der Waals surface area (Å²) >= 11 is 0. The van der Waals surface area contributed by atoms with Gasteiger partial charge in [0.15, 0.2) is 0 Å². The molecule has 0 atom stereocenters. The van der Waals surface area contributed by atoms with E-state index in [1.807, 2.05) is 51.1 Å². The lowest BCUT2D eigenvalue weighted by molar-refractivity contribution is 0.102. The molecule has 3 rings (SSSR count). The number of anilines is 2. The third-order valence-electron chi connectivity index (χ3n) is 4.84. The Morgan fingerprint density at radius 1 is 0.862 bits per heavy atom. The molecule has 0 radical (unpaired) electrons. The molecule has 1 amide bonds. The van der Waals surface area contributed by atoms with Crippen LogP contribution < -0.4 is 9.62 Å². The Labute approximate surface area is 172 Å². The number of para-hydroxylation sites is 1. The maximum atomic E-state index is 13.1. The minimum atomic E-state index is -3.80. The van der Waals surface area contributed by atoms with E-state index in [4.69, 9.17) is 0 Å². The largest absolute Gasteiger partial charge is 0.322 e. The van der Waals surface area contributed by atoms with Crippen molar-refractivity contribution in [2.75, 3.05) is 16.7 Å². The number of sulfonamides is 1. The van der Waals surface area contributed by atoms with Crippen molar-refractivity contribution in [1.82, 2.24) is 0 Å². The molecule has 0 aliphatic heterocycles.